The van der Waals surface area contributed by atoms with Crippen LogP contribution in [0.25, 0.3) is 0 Å². The van der Waals surface area contributed by atoms with Gasteiger partial charge >= 0.3 is 0 Å². The first kappa shape index (κ1) is 11.4. The van der Waals surface area contributed by atoms with Crippen LogP contribution in [0.2, 0.25) is 0 Å². The summed E-state index contributed by atoms with van der Waals surface area (Å²) in [6, 6.07) is 8.94. The number of rotatable bonds is 5. The normalized spacial score (nSPS) is 14.9. The molecule has 0 spiro atoms. The molecule has 3 rings (SSSR count). The van der Waals surface area contributed by atoms with Crippen molar-refractivity contribution in [2.75, 3.05) is 0 Å². The fourth-order valence-corrected chi connectivity index (χ4v) is 2.11. The Morgan fingerprint density at radius 1 is 1.22 bits per heavy atom. The number of aromatic nitrogens is 3. The van der Waals surface area contributed by atoms with Gasteiger partial charge in [-0.3, -0.25) is 4.68 Å². The second-order valence-electron chi connectivity index (χ2n) is 4.95. The van der Waals surface area contributed by atoms with Crippen LogP contribution in [-0.2, 0) is 20.1 Å². The molecule has 94 valence electrons. The van der Waals surface area contributed by atoms with Gasteiger partial charge in [0.2, 0.25) is 0 Å². The summed E-state index contributed by atoms with van der Waals surface area (Å²) in [7, 11) is 1.88. The molecule has 0 radical (unpaired) electrons. The van der Waals surface area contributed by atoms with Gasteiger partial charge in [-0.15, -0.1) is 0 Å². The molecule has 2 aromatic rings. The van der Waals surface area contributed by atoms with E-state index >= 15 is 0 Å². The summed E-state index contributed by atoms with van der Waals surface area (Å²) >= 11 is 0. The number of aryl methyl sites for hydroxylation is 1. The Morgan fingerprint density at radius 3 is 2.61 bits per heavy atom. The molecule has 1 N–H and O–H groups in total. The van der Waals surface area contributed by atoms with Gasteiger partial charge < -0.3 is 5.32 Å². The van der Waals surface area contributed by atoms with E-state index in [2.05, 4.69) is 39.7 Å². The van der Waals surface area contributed by atoms with Crippen LogP contribution in [0.1, 0.15) is 35.7 Å². The van der Waals surface area contributed by atoms with Crippen molar-refractivity contribution < 1.29 is 0 Å². The Hall–Kier alpha value is -1.68. The van der Waals surface area contributed by atoms with Crippen molar-refractivity contribution in [1.29, 1.82) is 0 Å². The quantitative estimate of drug-likeness (QED) is 0.872. The van der Waals surface area contributed by atoms with E-state index in [-0.39, 0.29) is 0 Å². The van der Waals surface area contributed by atoms with E-state index < -0.39 is 0 Å². The minimum atomic E-state index is 0.714. The summed E-state index contributed by atoms with van der Waals surface area (Å²) in [5.74, 6) is 1.68. The van der Waals surface area contributed by atoms with Gasteiger partial charge in [0, 0.05) is 13.6 Å². The van der Waals surface area contributed by atoms with Crippen LogP contribution in [0.3, 0.4) is 0 Å². The monoisotopic (exact) mass is 242 g/mol. The van der Waals surface area contributed by atoms with Crippen molar-refractivity contribution in [3.8, 4) is 0 Å². The third-order valence-corrected chi connectivity index (χ3v) is 3.29. The highest BCUT2D eigenvalue weighted by atomic mass is 15.3. The molecule has 4 nitrogen and oxygen atoms in total. The Bertz CT molecular complexity index is 511. The maximum Gasteiger partial charge on any atom is 0.164 e. The van der Waals surface area contributed by atoms with Crippen LogP contribution in [0.4, 0.5) is 0 Å². The zero-order valence-electron chi connectivity index (χ0n) is 10.6. The number of benzene rings is 1. The first-order chi connectivity index (χ1) is 8.81. The SMILES string of the molecule is Cn1cnc(CNCc2ccc(C3CC3)cc2)n1. The van der Waals surface area contributed by atoms with Gasteiger partial charge in [0.25, 0.3) is 0 Å². The fraction of sp³-hybridized carbons (Fsp3) is 0.429. The minimum Gasteiger partial charge on any atom is -0.306 e. The van der Waals surface area contributed by atoms with Crippen LogP contribution in [0, 0.1) is 0 Å². The first-order valence-corrected chi connectivity index (χ1v) is 6.45. The minimum absolute atomic E-state index is 0.714. The van der Waals surface area contributed by atoms with E-state index in [0.29, 0.717) is 6.54 Å². The van der Waals surface area contributed by atoms with E-state index in [1.165, 1.54) is 24.0 Å². The maximum atomic E-state index is 4.23. The van der Waals surface area contributed by atoms with Gasteiger partial charge in [0.05, 0.1) is 6.54 Å². The highest BCUT2D eigenvalue weighted by Gasteiger charge is 2.22. The molecule has 1 aromatic carbocycles. The predicted octanol–water partition coefficient (Wildman–Crippen LogP) is 1.98. The molecule has 1 aliphatic rings. The molecule has 1 aliphatic carbocycles. The number of hydrogen-bond acceptors (Lipinski definition) is 3. The smallest absolute Gasteiger partial charge is 0.164 e. The summed E-state index contributed by atoms with van der Waals surface area (Å²) in [4.78, 5) is 4.18. The van der Waals surface area contributed by atoms with Crippen LogP contribution >= 0.6 is 0 Å². The number of nitrogens with one attached hydrogen (secondary N) is 1. The van der Waals surface area contributed by atoms with Gasteiger partial charge in [-0.2, -0.15) is 5.10 Å². The Morgan fingerprint density at radius 2 is 2.00 bits per heavy atom. The molecule has 0 aliphatic heterocycles. The number of nitrogens with zero attached hydrogens (tertiary/aromatic N) is 3. The van der Waals surface area contributed by atoms with E-state index in [1.54, 1.807) is 11.0 Å². The van der Waals surface area contributed by atoms with E-state index in [9.17, 15) is 0 Å². The van der Waals surface area contributed by atoms with Crippen molar-refractivity contribution in [2.45, 2.75) is 31.8 Å². The second-order valence-corrected chi connectivity index (χ2v) is 4.95. The summed E-state index contributed by atoms with van der Waals surface area (Å²) < 4.78 is 1.72. The van der Waals surface area contributed by atoms with Gasteiger partial charge in [0.1, 0.15) is 6.33 Å². The van der Waals surface area contributed by atoms with Crippen LogP contribution < -0.4 is 5.32 Å². The molecule has 1 aromatic heterocycles. The Balaban J connectivity index is 1.50. The molecule has 0 saturated heterocycles. The summed E-state index contributed by atoms with van der Waals surface area (Å²) in [6.07, 6.45) is 4.45. The highest BCUT2D eigenvalue weighted by molar-refractivity contribution is 5.27. The zero-order valence-corrected chi connectivity index (χ0v) is 10.6. The second kappa shape index (κ2) is 4.90. The number of hydrogen-bond donors (Lipinski definition) is 1. The highest BCUT2D eigenvalue weighted by Crippen LogP contribution is 2.39. The topological polar surface area (TPSA) is 42.7 Å². The molecule has 1 fully saturated rings. The average Bonchev–Trinajstić information content (AvgIpc) is 3.15. The molecule has 4 heteroatoms. The van der Waals surface area contributed by atoms with Gasteiger partial charge in [-0.1, -0.05) is 24.3 Å². The third-order valence-electron chi connectivity index (χ3n) is 3.29. The maximum absolute atomic E-state index is 4.23. The molecular weight excluding hydrogens is 224 g/mol. The lowest BCUT2D eigenvalue weighted by Gasteiger charge is -2.04. The van der Waals surface area contributed by atoms with Crippen LogP contribution in [0.15, 0.2) is 30.6 Å². The lowest BCUT2D eigenvalue weighted by molar-refractivity contribution is 0.649. The van der Waals surface area contributed by atoms with Crippen molar-refractivity contribution in [1.82, 2.24) is 20.1 Å². The molecule has 1 heterocycles. The lowest BCUT2D eigenvalue weighted by Crippen LogP contribution is -2.14. The van der Waals surface area contributed by atoms with E-state index in [0.717, 1.165) is 18.3 Å². The molecule has 0 amide bonds. The van der Waals surface area contributed by atoms with E-state index in [4.69, 9.17) is 0 Å². The lowest BCUT2D eigenvalue weighted by atomic mass is 10.1. The predicted molar refractivity (Wildman–Crippen MR) is 70.0 cm³/mol. The van der Waals surface area contributed by atoms with Crippen molar-refractivity contribution in [3.05, 3.63) is 47.5 Å². The third kappa shape index (κ3) is 2.76. The van der Waals surface area contributed by atoms with Gasteiger partial charge in [0.15, 0.2) is 5.82 Å². The van der Waals surface area contributed by atoms with Crippen LogP contribution in [-0.4, -0.2) is 14.8 Å². The van der Waals surface area contributed by atoms with Crippen molar-refractivity contribution in [2.24, 2.45) is 7.05 Å². The Labute approximate surface area is 107 Å². The Kier molecular flexibility index (Phi) is 3.11. The average molecular weight is 242 g/mol. The zero-order chi connectivity index (χ0) is 12.4. The van der Waals surface area contributed by atoms with Crippen molar-refractivity contribution >= 4 is 0 Å². The molecule has 0 atom stereocenters. The molecule has 18 heavy (non-hydrogen) atoms. The molecule has 0 unspecified atom stereocenters. The van der Waals surface area contributed by atoms with E-state index in [1.807, 2.05) is 7.05 Å². The summed E-state index contributed by atoms with van der Waals surface area (Å²) in [5.41, 5.74) is 2.81. The van der Waals surface area contributed by atoms with Gasteiger partial charge in [-0.05, 0) is 29.9 Å². The molecular formula is C14H18N4. The summed E-state index contributed by atoms with van der Waals surface area (Å²) in [6.45, 7) is 1.58. The molecule has 1 saturated carbocycles. The standard InChI is InChI=1S/C14H18N4/c1-18-10-16-14(17-18)9-15-8-11-2-4-12(5-3-11)13-6-7-13/h2-5,10,13,15H,6-9H2,1H3. The van der Waals surface area contributed by atoms with Crippen molar-refractivity contribution in [3.63, 3.8) is 0 Å². The largest absolute Gasteiger partial charge is 0.306 e. The van der Waals surface area contributed by atoms with Gasteiger partial charge in [-0.25, -0.2) is 4.98 Å². The first-order valence-electron chi connectivity index (χ1n) is 6.45. The van der Waals surface area contributed by atoms with Crippen LogP contribution in [0.5, 0.6) is 0 Å². The summed E-state index contributed by atoms with van der Waals surface area (Å²) in [5, 5.41) is 7.59. The molecule has 0 bridgehead atoms. The fourth-order valence-electron chi connectivity index (χ4n) is 2.11.